The van der Waals surface area contributed by atoms with Gasteiger partial charge in [0.05, 0.1) is 53.8 Å². The summed E-state index contributed by atoms with van der Waals surface area (Å²) in [6.07, 6.45) is 5.47. The zero-order valence-corrected chi connectivity index (χ0v) is 61.6. The zero-order valence-electron chi connectivity index (χ0n) is 52.1. The van der Waals surface area contributed by atoms with Crippen LogP contribution in [-0.4, -0.2) is 112 Å². The second kappa shape index (κ2) is 48.0. The van der Waals surface area contributed by atoms with E-state index in [1.54, 1.807) is 60.5 Å². The van der Waals surface area contributed by atoms with Crippen molar-refractivity contribution in [2.24, 2.45) is 0 Å². The topological polar surface area (TPSA) is 237 Å². The molecule has 0 bridgehead atoms. The summed E-state index contributed by atoms with van der Waals surface area (Å²) < 4.78 is 0. The van der Waals surface area contributed by atoms with Gasteiger partial charge in [0.2, 0.25) is 0 Å². The van der Waals surface area contributed by atoms with E-state index in [1.807, 2.05) is 213 Å². The Balaban J connectivity index is 0.000000552. The molecule has 7 aromatic carbocycles. The maximum atomic E-state index is 8.56. The van der Waals surface area contributed by atoms with Crippen molar-refractivity contribution in [3.05, 3.63) is 262 Å². The third-order valence-electron chi connectivity index (χ3n) is 11.8. The molecule has 15 nitrogen and oxygen atoms in total. The second-order valence-corrected chi connectivity index (χ2v) is 20.3. The van der Waals surface area contributed by atoms with Crippen LogP contribution in [0.4, 0.5) is 0 Å². The number of rotatable bonds is 13. The Bertz CT molecular complexity index is 3100. The Morgan fingerprint density at radius 1 is 0.293 bits per heavy atom. The van der Waals surface area contributed by atoms with Crippen LogP contribution in [0.15, 0.2) is 232 Å². The minimum Gasteiger partial charge on any atom is -0.393 e. The summed E-state index contributed by atoms with van der Waals surface area (Å²) in [4.78, 5) is 38.3. The van der Waals surface area contributed by atoms with Crippen LogP contribution in [0.25, 0.3) is 79.1 Å². The number of aryl methyl sites for hydroxylation is 1. The maximum absolute atomic E-state index is 8.56. The maximum Gasteiger partial charge on any atom is 0.153 e. The van der Waals surface area contributed by atoms with Crippen molar-refractivity contribution in [1.82, 2.24) is 44.9 Å². The zero-order chi connectivity index (χ0) is 63.3. The number of aliphatic hydroxyl groups is 6. The van der Waals surface area contributed by atoms with E-state index < -0.39 is 0 Å². The third-order valence-corrected chi connectivity index (χ3v) is 11.8. The summed E-state index contributed by atoms with van der Waals surface area (Å²) in [6, 6.07) is 79.6. The van der Waals surface area contributed by atoms with Crippen LogP contribution in [0.3, 0.4) is 0 Å². The fourth-order valence-corrected chi connectivity index (χ4v) is 7.97. The minimum atomic E-state index is -0.375. The summed E-state index contributed by atoms with van der Waals surface area (Å²) in [5.74, 6) is 1.32. The molecule has 0 amide bonds. The molecule has 490 valence electrons. The molecule has 4 aromatic heterocycles. The molecular formula is C73H77Ir4N9O6-4. The van der Waals surface area contributed by atoms with Crippen LogP contribution in [0.5, 0.6) is 0 Å². The van der Waals surface area contributed by atoms with Crippen molar-refractivity contribution in [1.29, 1.82) is 0 Å². The predicted octanol–water partition coefficient (Wildman–Crippen LogP) is 12.9. The van der Waals surface area contributed by atoms with Crippen molar-refractivity contribution < 1.29 is 111 Å². The molecule has 19 heteroatoms. The van der Waals surface area contributed by atoms with Crippen LogP contribution in [-0.2, 0) is 80.4 Å². The van der Waals surface area contributed by atoms with Crippen molar-refractivity contribution >= 4 is 0 Å². The first-order valence-corrected chi connectivity index (χ1v) is 28.8. The average Bonchev–Trinajstić information content (AvgIpc) is 1.28. The van der Waals surface area contributed by atoms with E-state index >= 15 is 0 Å². The normalized spacial score (nSPS) is 11.7. The predicted molar refractivity (Wildman–Crippen MR) is 348 cm³/mol. The molecule has 6 N–H and O–H groups in total. The number of aliphatic hydroxyl groups excluding tert-OH is 6. The second-order valence-electron chi connectivity index (χ2n) is 20.3. The Morgan fingerprint density at radius 3 is 0.870 bits per heavy atom. The molecule has 6 unspecified atom stereocenters. The number of aromatic nitrogens is 9. The van der Waals surface area contributed by atoms with Gasteiger partial charge in [-0.15, -0.1) is 144 Å². The van der Waals surface area contributed by atoms with E-state index in [2.05, 4.69) is 69.1 Å². The van der Waals surface area contributed by atoms with Gasteiger partial charge in [-0.3, -0.25) is 24.9 Å². The van der Waals surface area contributed by atoms with Gasteiger partial charge < -0.3 is 30.6 Å². The average molecular weight is 1950 g/mol. The monoisotopic (exact) mass is 1950 g/mol. The summed E-state index contributed by atoms with van der Waals surface area (Å²) in [7, 11) is 0. The summed E-state index contributed by atoms with van der Waals surface area (Å²) in [6.45, 7) is 11.9. The largest absolute Gasteiger partial charge is 0.393 e. The van der Waals surface area contributed by atoms with E-state index in [1.165, 1.54) is 6.33 Å². The smallest absolute Gasteiger partial charge is 0.153 e. The van der Waals surface area contributed by atoms with Crippen LogP contribution in [0.1, 0.15) is 66.5 Å². The summed E-state index contributed by atoms with van der Waals surface area (Å²) >= 11 is 0. The molecule has 0 spiro atoms. The number of benzene rings is 7. The van der Waals surface area contributed by atoms with E-state index in [9.17, 15) is 0 Å². The van der Waals surface area contributed by atoms with Crippen molar-refractivity contribution in [2.45, 2.75) is 104 Å². The van der Waals surface area contributed by atoms with Gasteiger partial charge in [-0.25, -0.2) is 19.9 Å². The molecule has 0 aliphatic heterocycles. The molecule has 0 saturated carbocycles. The van der Waals surface area contributed by atoms with Gasteiger partial charge >= 0.3 is 0 Å². The van der Waals surface area contributed by atoms with E-state index in [0.29, 0.717) is 30.9 Å². The van der Waals surface area contributed by atoms with Gasteiger partial charge in [-0.2, -0.15) is 0 Å². The Kier molecular flexibility index (Phi) is 43.3. The number of hydrogen-bond donors (Lipinski definition) is 6. The van der Waals surface area contributed by atoms with Crippen LogP contribution < -0.4 is 0 Å². The van der Waals surface area contributed by atoms with Gasteiger partial charge in [0.25, 0.3) is 0 Å². The molecule has 6 atom stereocenters. The Labute approximate surface area is 596 Å². The molecule has 92 heavy (non-hydrogen) atoms. The van der Waals surface area contributed by atoms with Gasteiger partial charge in [0, 0.05) is 91.7 Å². The molecule has 4 radical (unpaired) electrons. The van der Waals surface area contributed by atoms with Gasteiger partial charge in [-0.1, -0.05) is 109 Å². The van der Waals surface area contributed by atoms with Crippen molar-refractivity contribution in [2.75, 3.05) is 0 Å². The molecule has 4 heterocycles. The fourth-order valence-electron chi connectivity index (χ4n) is 7.97. The van der Waals surface area contributed by atoms with Crippen LogP contribution in [0, 0.1) is 31.2 Å². The van der Waals surface area contributed by atoms with E-state index in [-0.39, 0.29) is 117 Å². The van der Waals surface area contributed by atoms with Gasteiger partial charge in [0.1, 0.15) is 25.3 Å². The Hall–Kier alpha value is -6.85. The van der Waals surface area contributed by atoms with Crippen LogP contribution >= 0.6 is 0 Å². The molecule has 0 aliphatic rings. The van der Waals surface area contributed by atoms with Crippen LogP contribution in [0.2, 0.25) is 0 Å². The first kappa shape index (κ1) is 83.2. The Morgan fingerprint density at radius 2 is 0.565 bits per heavy atom. The first-order valence-electron chi connectivity index (χ1n) is 28.8. The molecule has 0 fully saturated rings. The molecule has 0 aliphatic carbocycles. The SMILES string of the molecule is CC(O)CC(C)O.CC(O)CC(C)O.CC(O)CC(C)O.Cc1cc(-c2[c-]cccc2)ncn1.[Ir].[Ir].[Ir].[Ir].[c-]1ccccc1-c1cc(-c2ccccc2)ncn1.[c-]1ccccc1-c1cc(-c2ccccc2)ncn1.[c-]1ccccc1-c1ncnc(-c2ccccc2)n1. The number of hydrogen-bond acceptors (Lipinski definition) is 15. The molecule has 11 rings (SSSR count). The van der Waals surface area contributed by atoms with Crippen molar-refractivity contribution in [3.63, 3.8) is 0 Å². The fraction of sp³-hybridized carbons (Fsp3) is 0.219. The molecule has 0 saturated heterocycles. The quantitative estimate of drug-likeness (QED) is 0.0589. The van der Waals surface area contributed by atoms with Gasteiger partial charge in [0.15, 0.2) is 5.82 Å². The summed E-state index contributed by atoms with van der Waals surface area (Å²) in [5, 5.41) is 51.4. The van der Waals surface area contributed by atoms with Gasteiger partial charge in [-0.05, 0) is 95.9 Å². The standard InChI is InChI=1S/2C16H11N2.C15H10N3.C11H9N2.3C5H12O2.4Ir/c2*1-3-7-13(8-4-1)15-11-16(18-12-17-15)14-9-5-2-6-10-14;1-3-7-12(8-4-1)14-16-11-17-15(18-14)13-9-5-2-6-10-13;1-9-7-11(13-8-12-9)10-5-3-2-4-6-10;3*1-4(6)3-5(2)7;;;;/h2*1-9,11-12H;1-9,11H;2-5,7-8H,1H3;3*4-7H,3H2,1-2H3;;;;/q4*-1;;;;;;;. The number of nitrogens with zero attached hydrogens (tertiary/aromatic N) is 9. The van der Waals surface area contributed by atoms with Crippen molar-refractivity contribution in [3.8, 4) is 79.1 Å². The molecule has 11 aromatic rings. The minimum absolute atomic E-state index is 0. The molecular weight excluding hydrogens is 1870 g/mol. The first-order chi connectivity index (χ1) is 42.5. The van der Waals surface area contributed by atoms with E-state index in [0.717, 1.165) is 73.1 Å². The van der Waals surface area contributed by atoms with E-state index in [4.69, 9.17) is 30.6 Å². The third kappa shape index (κ3) is 33.6. The summed E-state index contributed by atoms with van der Waals surface area (Å²) in [5.41, 5.74) is 12.6.